The lowest BCUT2D eigenvalue weighted by molar-refractivity contribution is 0.0646. The second kappa shape index (κ2) is 10.8. The average Bonchev–Trinajstić information content (AvgIpc) is 3.57. The second-order valence-corrected chi connectivity index (χ2v) is 13.2. The number of nitrogens with zero attached hydrogens (tertiary/aromatic N) is 4. The molecule has 2 aromatic heterocycles. The number of fused-ring (bicyclic) bond motifs is 3. The molecule has 1 spiro atoms. The maximum absolute atomic E-state index is 14.0. The molecule has 0 unspecified atom stereocenters. The number of anilines is 2. The van der Waals surface area contributed by atoms with Crippen molar-refractivity contribution < 1.29 is 27.1 Å². The number of rotatable bonds is 6. The molecular formula is C29H28ClFN6O5S. The number of nitrogens with one attached hydrogen (secondary N) is 2. The first-order valence-electron chi connectivity index (χ1n) is 13.7. The van der Waals surface area contributed by atoms with Crippen LogP contribution in [0.2, 0.25) is 5.02 Å². The van der Waals surface area contributed by atoms with Crippen LogP contribution in [0.5, 0.6) is 5.75 Å². The van der Waals surface area contributed by atoms with Crippen molar-refractivity contribution in [3.05, 3.63) is 81.9 Å². The van der Waals surface area contributed by atoms with E-state index < -0.39 is 15.9 Å². The number of hydrogen-bond donors (Lipinski definition) is 2. The van der Waals surface area contributed by atoms with E-state index in [1.807, 2.05) is 17.7 Å². The van der Waals surface area contributed by atoms with Crippen LogP contribution in [0.15, 0.2) is 48.8 Å². The van der Waals surface area contributed by atoms with Crippen molar-refractivity contribution in [2.45, 2.75) is 32.1 Å². The van der Waals surface area contributed by atoms with Gasteiger partial charge >= 0.3 is 0 Å². The lowest BCUT2D eigenvalue weighted by Gasteiger charge is -2.38. The van der Waals surface area contributed by atoms with Gasteiger partial charge in [-0.05, 0) is 50.5 Å². The molecule has 0 radical (unpaired) electrons. The second-order valence-electron chi connectivity index (χ2n) is 10.8. The fourth-order valence-corrected chi connectivity index (χ4v) is 6.27. The minimum Gasteiger partial charge on any atom is -0.492 e. The standard InChI is InChI=1S/C29H28ClFN6O5S/c1-3-43(40,41)35-27(38)19-15-33-37-25(19)32-14-20(26(37)34-23-12-17(2)4-7-22(23)30)28(39)36-10-8-29(9-11-36)16-42-24-13-18(31)5-6-21(24)29/h4-7,12-15,34H,3,8-11,16H2,1-2H3,(H,35,38). The lowest BCUT2D eigenvalue weighted by Crippen LogP contribution is -2.46. The Balaban J connectivity index is 1.35. The van der Waals surface area contributed by atoms with Crippen molar-refractivity contribution in [3.63, 3.8) is 0 Å². The molecule has 11 nitrogen and oxygen atoms in total. The van der Waals surface area contributed by atoms with Crippen molar-refractivity contribution in [2.24, 2.45) is 0 Å². The van der Waals surface area contributed by atoms with Gasteiger partial charge in [0, 0.05) is 36.3 Å². The zero-order valence-corrected chi connectivity index (χ0v) is 24.9. The predicted octanol–water partition coefficient (Wildman–Crippen LogP) is 4.22. The molecule has 43 heavy (non-hydrogen) atoms. The summed E-state index contributed by atoms with van der Waals surface area (Å²) in [6.07, 6.45) is 3.79. The molecule has 2 aliphatic rings. The van der Waals surface area contributed by atoms with Crippen molar-refractivity contribution in [1.29, 1.82) is 0 Å². The number of likely N-dealkylation sites (tertiary alicyclic amines) is 1. The van der Waals surface area contributed by atoms with Crippen molar-refractivity contribution in [3.8, 4) is 5.75 Å². The Labute approximate surface area is 252 Å². The smallest absolute Gasteiger partial charge is 0.270 e. The number of ether oxygens (including phenoxy) is 1. The van der Waals surface area contributed by atoms with Crippen LogP contribution in [-0.4, -0.2) is 65.2 Å². The normalized spacial score (nSPS) is 15.8. The van der Waals surface area contributed by atoms with E-state index in [1.165, 1.54) is 36.0 Å². The van der Waals surface area contributed by atoms with E-state index in [-0.39, 0.29) is 45.5 Å². The van der Waals surface area contributed by atoms with Gasteiger partial charge in [-0.2, -0.15) is 9.61 Å². The molecule has 0 saturated carbocycles. The van der Waals surface area contributed by atoms with Crippen LogP contribution in [0.1, 0.15) is 51.6 Å². The topological polar surface area (TPSA) is 135 Å². The zero-order valence-electron chi connectivity index (χ0n) is 23.4. The van der Waals surface area contributed by atoms with Gasteiger partial charge in [-0.3, -0.25) is 9.59 Å². The summed E-state index contributed by atoms with van der Waals surface area (Å²) >= 11 is 6.47. The summed E-state index contributed by atoms with van der Waals surface area (Å²) in [6, 6.07) is 9.95. The molecule has 4 aromatic rings. The third kappa shape index (κ3) is 5.27. The first kappa shape index (κ1) is 28.9. The molecule has 2 aromatic carbocycles. The lowest BCUT2D eigenvalue weighted by atomic mass is 9.74. The van der Waals surface area contributed by atoms with Crippen LogP contribution in [0.25, 0.3) is 5.65 Å². The van der Waals surface area contributed by atoms with E-state index in [0.717, 1.165) is 11.1 Å². The number of benzene rings is 2. The first-order valence-corrected chi connectivity index (χ1v) is 15.7. The van der Waals surface area contributed by atoms with Crippen molar-refractivity contribution in [1.82, 2.24) is 24.2 Å². The number of carbonyl (C=O) groups excluding carboxylic acids is 2. The number of carbonyl (C=O) groups is 2. The number of hydrogen-bond acceptors (Lipinski definition) is 8. The van der Waals surface area contributed by atoms with Gasteiger partial charge in [-0.25, -0.2) is 22.5 Å². The maximum Gasteiger partial charge on any atom is 0.270 e. The quantitative estimate of drug-likeness (QED) is 0.325. The molecule has 0 aliphatic carbocycles. The van der Waals surface area contributed by atoms with Crippen LogP contribution in [0.3, 0.4) is 0 Å². The Hall–Kier alpha value is -4.23. The molecule has 0 bridgehead atoms. The van der Waals surface area contributed by atoms with Gasteiger partial charge in [-0.15, -0.1) is 0 Å². The monoisotopic (exact) mass is 626 g/mol. The molecule has 1 saturated heterocycles. The van der Waals surface area contributed by atoms with Gasteiger partial charge in [-0.1, -0.05) is 23.7 Å². The number of piperidine rings is 1. The van der Waals surface area contributed by atoms with Gasteiger partial charge in [0.2, 0.25) is 10.0 Å². The highest BCUT2D eigenvalue weighted by Gasteiger charge is 2.44. The highest BCUT2D eigenvalue weighted by molar-refractivity contribution is 7.90. The van der Waals surface area contributed by atoms with Crippen LogP contribution >= 0.6 is 11.6 Å². The van der Waals surface area contributed by atoms with Crippen LogP contribution in [-0.2, 0) is 15.4 Å². The van der Waals surface area contributed by atoms with E-state index in [0.29, 0.717) is 49.0 Å². The third-order valence-corrected chi connectivity index (χ3v) is 9.62. The Morgan fingerprint density at radius 3 is 2.63 bits per heavy atom. The fourth-order valence-electron chi connectivity index (χ4n) is 5.57. The van der Waals surface area contributed by atoms with Crippen molar-refractivity contribution >= 4 is 50.6 Å². The third-order valence-electron chi connectivity index (χ3n) is 8.03. The Kier molecular flexibility index (Phi) is 7.25. The van der Waals surface area contributed by atoms with Gasteiger partial charge in [0.1, 0.15) is 28.5 Å². The summed E-state index contributed by atoms with van der Waals surface area (Å²) in [6.45, 7) is 4.57. The SMILES string of the molecule is CCS(=O)(=O)NC(=O)c1cnn2c(Nc3cc(C)ccc3Cl)c(C(=O)N3CCC4(CC3)COc3cc(F)ccc34)cnc12. The van der Waals surface area contributed by atoms with E-state index in [1.54, 1.807) is 23.1 Å². The van der Waals surface area contributed by atoms with E-state index in [9.17, 15) is 22.4 Å². The van der Waals surface area contributed by atoms with Crippen LogP contribution < -0.4 is 14.8 Å². The number of amides is 2. The highest BCUT2D eigenvalue weighted by atomic mass is 35.5. The molecule has 2 N–H and O–H groups in total. The van der Waals surface area contributed by atoms with Gasteiger partial charge in [0.05, 0.1) is 29.3 Å². The largest absolute Gasteiger partial charge is 0.492 e. The van der Waals surface area contributed by atoms with Gasteiger partial charge < -0.3 is 15.0 Å². The highest BCUT2D eigenvalue weighted by Crippen LogP contribution is 2.46. The van der Waals surface area contributed by atoms with Gasteiger partial charge in [0.25, 0.3) is 11.8 Å². The molecule has 224 valence electrons. The minimum absolute atomic E-state index is 0.0520. The van der Waals surface area contributed by atoms with Crippen molar-refractivity contribution in [2.75, 3.05) is 30.8 Å². The number of halogens is 2. The van der Waals surface area contributed by atoms with E-state index >= 15 is 0 Å². The van der Waals surface area contributed by atoms with Gasteiger partial charge in [0.15, 0.2) is 5.65 Å². The molecule has 4 heterocycles. The number of sulfonamides is 1. The maximum atomic E-state index is 14.0. The average molecular weight is 627 g/mol. The van der Waals surface area contributed by atoms with E-state index in [4.69, 9.17) is 16.3 Å². The predicted molar refractivity (Wildman–Crippen MR) is 158 cm³/mol. The minimum atomic E-state index is -3.83. The first-order chi connectivity index (χ1) is 20.5. The molecule has 6 rings (SSSR count). The summed E-state index contributed by atoms with van der Waals surface area (Å²) < 4.78 is 46.9. The summed E-state index contributed by atoms with van der Waals surface area (Å²) in [4.78, 5) is 32.9. The molecular weight excluding hydrogens is 599 g/mol. The molecule has 0 atom stereocenters. The summed E-state index contributed by atoms with van der Waals surface area (Å²) in [5, 5.41) is 7.89. The fraction of sp³-hybridized carbons (Fsp3) is 0.310. The van der Waals surface area contributed by atoms with E-state index in [2.05, 4.69) is 15.4 Å². The molecule has 2 amide bonds. The molecule has 2 aliphatic heterocycles. The zero-order chi connectivity index (χ0) is 30.5. The van der Waals surface area contributed by atoms with Crippen LogP contribution in [0.4, 0.5) is 15.9 Å². The number of aromatic nitrogens is 3. The Morgan fingerprint density at radius 2 is 1.88 bits per heavy atom. The van der Waals surface area contributed by atoms with Crippen LogP contribution in [0, 0.1) is 12.7 Å². The molecule has 1 fully saturated rings. The summed E-state index contributed by atoms with van der Waals surface area (Å²) in [5.41, 5.74) is 2.22. The Morgan fingerprint density at radius 1 is 1.12 bits per heavy atom. The number of aryl methyl sites for hydroxylation is 1. The Bertz CT molecular complexity index is 1890. The molecule has 14 heteroatoms. The summed E-state index contributed by atoms with van der Waals surface area (Å²) in [7, 11) is -3.83. The summed E-state index contributed by atoms with van der Waals surface area (Å²) in [5.74, 6) is -1.08.